The molecule has 0 radical (unpaired) electrons. The second kappa shape index (κ2) is 10.1. The largest absolute Gasteiger partial charge is 0.323 e. The molecule has 4 aromatic rings. The standard InChI is InChI=1S/C26H24N4OS/c1-19-8-10-21(11-9-19)18-32-26-29-28-25(30(26)2)22-13-15-23(16-14-22)27-24(31)17-12-20-6-4-3-5-7-20/h3-17H,18H2,1-2H3,(H,27,31)/b17-12-. The van der Waals surface area contributed by atoms with Gasteiger partial charge in [-0.15, -0.1) is 10.2 Å². The lowest BCUT2D eigenvalue weighted by Gasteiger charge is -2.06. The maximum Gasteiger partial charge on any atom is 0.248 e. The van der Waals surface area contributed by atoms with Crippen LogP contribution in [0.25, 0.3) is 17.5 Å². The van der Waals surface area contributed by atoms with Crippen molar-refractivity contribution in [2.75, 3.05) is 5.32 Å². The first-order chi connectivity index (χ1) is 15.6. The first-order valence-electron chi connectivity index (χ1n) is 10.3. The summed E-state index contributed by atoms with van der Waals surface area (Å²) in [4.78, 5) is 12.2. The zero-order valence-corrected chi connectivity index (χ0v) is 18.8. The average molecular weight is 441 g/mol. The first kappa shape index (κ1) is 21.6. The van der Waals surface area contributed by atoms with E-state index in [0.717, 1.165) is 33.5 Å². The summed E-state index contributed by atoms with van der Waals surface area (Å²) >= 11 is 1.66. The van der Waals surface area contributed by atoms with Gasteiger partial charge in [0.2, 0.25) is 5.91 Å². The number of nitrogens with zero attached hydrogens (tertiary/aromatic N) is 3. The van der Waals surface area contributed by atoms with Gasteiger partial charge in [-0.2, -0.15) is 0 Å². The quantitative estimate of drug-likeness (QED) is 0.294. The Morgan fingerprint density at radius 3 is 2.41 bits per heavy atom. The number of aryl methyl sites for hydroxylation is 1. The van der Waals surface area contributed by atoms with Crippen LogP contribution in [0.5, 0.6) is 0 Å². The minimum atomic E-state index is -0.171. The second-order valence-corrected chi connectivity index (χ2v) is 8.39. The lowest BCUT2D eigenvalue weighted by Crippen LogP contribution is -2.07. The third kappa shape index (κ3) is 5.53. The number of benzene rings is 3. The van der Waals surface area contributed by atoms with Crippen LogP contribution >= 0.6 is 11.8 Å². The number of carbonyl (C=O) groups is 1. The van der Waals surface area contributed by atoms with Crippen LogP contribution in [-0.2, 0) is 17.6 Å². The van der Waals surface area contributed by atoms with E-state index >= 15 is 0 Å². The molecule has 6 heteroatoms. The molecule has 0 aliphatic rings. The number of hydrogen-bond acceptors (Lipinski definition) is 4. The molecule has 1 amide bonds. The van der Waals surface area contributed by atoms with E-state index in [9.17, 15) is 4.79 Å². The minimum absolute atomic E-state index is 0.171. The van der Waals surface area contributed by atoms with Gasteiger partial charge in [-0.25, -0.2) is 0 Å². The summed E-state index contributed by atoms with van der Waals surface area (Å²) in [6, 6.07) is 25.9. The maximum absolute atomic E-state index is 12.2. The number of hydrogen-bond donors (Lipinski definition) is 1. The highest BCUT2D eigenvalue weighted by atomic mass is 32.2. The van der Waals surface area contributed by atoms with E-state index in [-0.39, 0.29) is 5.91 Å². The van der Waals surface area contributed by atoms with Crippen LogP contribution < -0.4 is 5.32 Å². The zero-order chi connectivity index (χ0) is 22.3. The number of anilines is 1. The molecule has 0 saturated heterocycles. The topological polar surface area (TPSA) is 59.8 Å². The summed E-state index contributed by atoms with van der Waals surface area (Å²) in [6.07, 6.45) is 3.32. The summed E-state index contributed by atoms with van der Waals surface area (Å²) in [6.45, 7) is 2.09. The van der Waals surface area contributed by atoms with Crippen molar-refractivity contribution in [2.24, 2.45) is 7.05 Å². The molecule has 1 N–H and O–H groups in total. The van der Waals surface area contributed by atoms with Gasteiger partial charge in [0, 0.05) is 30.1 Å². The fourth-order valence-corrected chi connectivity index (χ4v) is 4.01. The van der Waals surface area contributed by atoms with Gasteiger partial charge in [0.15, 0.2) is 11.0 Å². The molecular formula is C26H24N4OS. The van der Waals surface area contributed by atoms with E-state index < -0.39 is 0 Å². The Bertz CT molecular complexity index is 1210. The van der Waals surface area contributed by atoms with Crippen LogP contribution in [0.1, 0.15) is 16.7 Å². The SMILES string of the molecule is Cc1ccc(CSc2nnc(-c3ccc(NC(=O)/C=C\c4ccccc4)cc3)n2C)cc1. The first-order valence-corrected chi connectivity index (χ1v) is 11.3. The van der Waals surface area contributed by atoms with E-state index in [2.05, 4.69) is 46.7 Å². The summed E-state index contributed by atoms with van der Waals surface area (Å²) in [5.74, 6) is 1.46. The summed E-state index contributed by atoms with van der Waals surface area (Å²) in [5.41, 5.74) is 5.17. The predicted molar refractivity (Wildman–Crippen MR) is 131 cm³/mol. The molecule has 0 aliphatic heterocycles. The van der Waals surface area contributed by atoms with E-state index in [1.165, 1.54) is 17.2 Å². The monoisotopic (exact) mass is 440 g/mol. The predicted octanol–water partition coefficient (Wildman–Crippen LogP) is 5.73. The van der Waals surface area contributed by atoms with E-state index in [1.807, 2.05) is 66.2 Å². The Morgan fingerprint density at radius 2 is 1.69 bits per heavy atom. The molecule has 3 aromatic carbocycles. The van der Waals surface area contributed by atoms with Crippen LogP contribution in [0.4, 0.5) is 5.69 Å². The third-order valence-electron chi connectivity index (χ3n) is 4.96. The van der Waals surface area contributed by atoms with Crippen molar-refractivity contribution in [2.45, 2.75) is 17.8 Å². The normalized spacial score (nSPS) is 11.1. The fourth-order valence-electron chi connectivity index (χ4n) is 3.15. The minimum Gasteiger partial charge on any atom is -0.323 e. The molecule has 32 heavy (non-hydrogen) atoms. The van der Waals surface area contributed by atoms with Crippen molar-refractivity contribution >= 4 is 29.4 Å². The number of carbonyl (C=O) groups excluding carboxylic acids is 1. The molecule has 0 bridgehead atoms. The van der Waals surface area contributed by atoms with Crippen LogP contribution in [0, 0.1) is 6.92 Å². The third-order valence-corrected chi connectivity index (χ3v) is 6.05. The molecule has 160 valence electrons. The Labute approximate surface area is 192 Å². The number of amides is 1. The molecule has 1 aromatic heterocycles. The highest BCUT2D eigenvalue weighted by molar-refractivity contribution is 7.98. The second-order valence-electron chi connectivity index (χ2n) is 7.45. The van der Waals surface area contributed by atoms with Crippen molar-refractivity contribution in [3.63, 3.8) is 0 Å². The van der Waals surface area contributed by atoms with E-state index in [4.69, 9.17) is 0 Å². The molecule has 4 rings (SSSR count). The summed E-state index contributed by atoms with van der Waals surface area (Å²) in [5, 5.41) is 12.5. The molecule has 0 unspecified atom stereocenters. The van der Waals surface area contributed by atoms with Crippen molar-refractivity contribution < 1.29 is 4.79 Å². The van der Waals surface area contributed by atoms with Crippen LogP contribution in [0.15, 0.2) is 90.1 Å². The molecule has 0 fully saturated rings. The molecular weight excluding hydrogens is 416 g/mol. The van der Waals surface area contributed by atoms with Crippen LogP contribution in [0.3, 0.4) is 0 Å². The highest BCUT2D eigenvalue weighted by Crippen LogP contribution is 2.26. The van der Waals surface area contributed by atoms with Crippen molar-refractivity contribution in [3.8, 4) is 11.4 Å². The lowest BCUT2D eigenvalue weighted by molar-refractivity contribution is -0.111. The fraction of sp³-hybridized carbons (Fsp3) is 0.115. The smallest absolute Gasteiger partial charge is 0.248 e. The molecule has 0 saturated carbocycles. The van der Waals surface area contributed by atoms with Gasteiger partial charge in [-0.05, 0) is 48.4 Å². The van der Waals surface area contributed by atoms with E-state index in [0.29, 0.717) is 0 Å². The highest BCUT2D eigenvalue weighted by Gasteiger charge is 2.11. The van der Waals surface area contributed by atoms with Gasteiger partial charge in [0.25, 0.3) is 0 Å². The Morgan fingerprint density at radius 1 is 0.969 bits per heavy atom. The van der Waals surface area contributed by atoms with Gasteiger partial charge in [-0.1, -0.05) is 71.9 Å². The van der Waals surface area contributed by atoms with Crippen LogP contribution in [-0.4, -0.2) is 20.7 Å². The Balaban J connectivity index is 1.38. The number of thioether (sulfide) groups is 1. The van der Waals surface area contributed by atoms with Crippen molar-refractivity contribution in [1.82, 2.24) is 14.8 Å². The van der Waals surface area contributed by atoms with Gasteiger partial charge in [0.1, 0.15) is 0 Å². The Kier molecular flexibility index (Phi) is 6.82. The Hall–Kier alpha value is -3.64. The van der Waals surface area contributed by atoms with Gasteiger partial charge in [0.05, 0.1) is 0 Å². The maximum atomic E-state index is 12.2. The molecule has 0 atom stereocenters. The average Bonchev–Trinajstić information content (AvgIpc) is 3.19. The lowest BCUT2D eigenvalue weighted by atomic mass is 10.2. The number of nitrogens with one attached hydrogen (secondary N) is 1. The number of rotatable bonds is 7. The molecule has 1 heterocycles. The molecule has 0 spiro atoms. The zero-order valence-electron chi connectivity index (χ0n) is 18.0. The summed E-state index contributed by atoms with van der Waals surface area (Å²) in [7, 11) is 1.97. The van der Waals surface area contributed by atoms with E-state index in [1.54, 1.807) is 17.8 Å². The number of aromatic nitrogens is 3. The van der Waals surface area contributed by atoms with Crippen molar-refractivity contribution in [1.29, 1.82) is 0 Å². The summed E-state index contributed by atoms with van der Waals surface area (Å²) < 4.78 is 2.00. The molecule has 0 aliphatic carbocycles. The van der Waals surface area contributed by atoms with Crippen molar-refractivity contribution in [3.05, 3.63) is 102 Å². The molecule has 5 nitrogen and oxygen atoms in total. The van der Waals surface area contributed by atoms with Crippen LogP contribution in [0.2, 0.25) is 0 Å². The van der Waals surface area contributed by atoms with Gasteiger partial charge in [-0.3, -0.25) is 4.79 Å². The van der Waals surface area contributed by atoms with Gasteiger partial charge >= 0.3 is 0 Å². The van der Waals surface area contributed by atoms with Gasteiger partial charge < -0.3 is 9.88 Å².